The number of aryl methyl sites for hydroxylation is 2. The topological polar surface area (TPSA) is 12.0 Å². The van der Waals surface area contributed by atoms with Crippen LogP contribution < -0.4 is 5.32 Å². The Balaban J connectivity index is 2.28. The van der Waals surface area contributed by atoms with Crippen molar-refractivity contribution in [1.29, 1.82) is 0 Å². The molecule has 2 rings (SSSR count). The number of anilines is 1. The van der Waals surface area contributed by atoms with E-state index in [0.717, 1.165) is 26.9 Å². The summed E-state index contributed by atoms with van der Waals surface area (Å²) in [5, 5.41) is 5.01. The predicted molar refractivity (Wildman–Crippen MR) is 92.4 cm³/mol. The van der Waals surface area contributed by atoms with Crippen molar-refractivity contribution in [2.45, 2.75) is 20.4 Å². The summed E-state index contributed by atoms with van der Waals surface area (Å²) in [5.74, 6) is 0. The maximum absolute atomic E-state index is 6.21. The van der Waals surface area contributed by atoms with E-state index in [1.807, 2.05) is 0 Å². The lowest BCUT2D eigenvalue weighted by Crippen LogP contribution is -2.04. The highest BCUT2D eigenvalue weighted by atomic mass is 79.9. The van der Waals surface area contributed by atoms with Gasteiger partial charge in [0.25, 0.3) is 0 Å². The van der Waals surface area contributed by atoms with Crippen LogP contribution in [0.2, 0.25) is 15.1 Å². The lowest BCUT2D eigenvalue weighted by atomic mass is 10.1. The van der Waals surface area contributed by atoms with Gasteiger partial charge in [0.2, 0.25) is 0 Å². The second-order valence-electron chi connectivity index (χ2n) is 4.59. The molecule has 0 atom stereocenters. The van der Waals surface area contributed by atoms with Gasteiger partial charge in [-0.25, -0.2) is 0 Å². The molecular formula is C15H13BrCl3N. The van der Waals surface area contributed by atoms with Crippen molar-refractivity contribution in [2.75, 3.05) is 5.32 Å². The lowest BCUT2D eigenvalue weighted by molar-refractivity contribution is 1.13. The molecule has 0 saturated carbocycles. The Labute approximate surface area is 142 Å². The summed E-state index contributed by atoms with van der Waals surface area (Å²) in [5.41, 5.74) is 4.21. The SMILES string of the molecule is Cc1cc(Br)cc(C)c1NCc1c(Cl)ccc(Cl)c1Cl. The molecule has 0 spiro atoms. The van der Waals surface area contributed by atoms with Crippen LogP contribution in [0.1, 0.15) is 16.7 Å². The molecule has 0 aromatic heterocycles. The minimum absolute atomic E-state index is 0.499. The van der Waals surface area contributed by atoms with E-state index in [0.29, 0.717) is 21.6 Å². The molecule has 106 valence electrons. The molecule has 0 heterocycles. The average molecular weight is 394 g/mol. The summed E-state index contributed by atoms with van der Waals surface area (Å²) in [4.78, 5) is 0. The van der Waals surface area contributed by atoms with Crippen molar-refractivity contribution >= 4 is 56.4 Å². The van der Waals surface area contributed by atoms with Crippen LogP contribution in [-0.2, 0) is 6.54 Å². The van der Waals surface area contributed by atoms with E-state index in [2.05, 4.69) is 47.2 Å². The predicted octanol–water partition coefficient (Wildman–Crippen LogP) is 6.64. The highest BCUT2D eigenvalue weighted by Crippen LogP contribution is 2.33. The summed E-state index contributed by atoms with van der Waals surface area (Å²) in [6, 6.07) is 7.59. The van der Waals surface area contributed by atoms with Crippen LogP contribution >= 0.6 is 50.7 Å². The van der Waals surface area contributed by atoms with Crippen molar-refractivity contribution in [1.82, 2.24) is 0 Å². The molecule has 2 aromatic carbocycles. The molecule has 0 saturated heterocycles. The van der Waals surface area contributed by atoms with E-state index < -0.39 is 0 Å². The quantitative estimate of drug-likeness (QED) is 0.577. The number of hydrogen-bond acceptors (Lipinski definition) is 1. The molecular weight excluding hydrogens is 380 g/mol. The fraction of sp³-hybridized carbons (Fsp3) is 0.200. The Morgan fingerprint density at radius 1 is 1.00 bits per heavy atom. The van der Waals surface area contributed by atoms with Gasteiger partial charge in [-0.3, -0.25) is 0 Å². The Kier molecular flexibility index (Phi) is 5.25. The van der Waals surface area contributed by atoms with Crippen molar-refractivity contribution in [3.8, 4) is 0 Å². The van der Waals surface area contributed by atoms with E-state index in [1.165, 1.54) is 0 Å². The fourth-order valence-corrected chi connectivity index (χ4v) is 3.47. The van der Waals surface area contributed by atoms with Gasteiger partial charge in [0.15, 0.2) is 0 Å². The minimum atomic E-state index is 0.499. The standard InChI is InChI=1S/C15H13BrCl3N/c1-8-5-10(16)6-9(2)15(8)20-7-11-12(17)3-4-13(18)14(11)19/h3-6,20H,7H2,1-2H3. The first-order valence-corrected chi connectivity index (χ1v) is 7.96. The molecule has 0 amide bonds. The molecule has 0 fully saturated rings. The second kappa shape index (κ2) is 6.57. The zero-order valence-electron chi connectivity index (χ0n) is 11.0. The Morgan fingerprint density at radius 2 is 1.55 bits per heavy atom. The third-order valence-electron chi connectivity index (χ3n) is 3.08. The summed E-state index contributed by atoms with van der Waals surface area (Å²) in [7, 11) is 0. The normalized spacial score (nSPS) is 10.7. The Bertz CT molecular complexity index is 633. The second-order valence-corrected chi connectivity index (χ2v) is 6.70. The number of nitrogens with one attached hydrogen (secondary N) is 1. The number of hydrogen-bond donors (Lipinski definition) is 1. The van der Waals surface area contributed by atoms with E-state index >= 15 is 0 Å². The Hall–Kier alpha value is -0.410. The average Bonchev–Trinajstić information content (AvgIpc) is 2.36. The van der Waals surface area contributed by atoms with Crippen LogP contribution in [0.15, 0.2) is 28.7 Å². The largest absolute Gasteiger partial charge is 0.380 e. The first-order valence-electron chi connectivity index (χ1n) is 6.03. The minimum Gasteiger partial charge on any atom is -0.380 e. The number of benzene rings is 2. The molecule has 1 nitrogen and oxygen atoms in total. The van der Waals surface area contributed by atoms with E-state index in [9.17, 15) is 0 Å². The summed E-state index contributed by atoms with van der Waals surface area (Å²) >= 11 is 21.9. The number of rotatable bonds is 3. The molecule has 0 aliphatic rings. The molecule has 0 bridgehead atoms. The Morgan fingerprint density at radius 3 is 2.15 bits per heavy atom. The fourth-order valence-electron chi connectivity index (χ4n) is 2.10. The molecule has 1 N–H and O–H groups in total. The van der Waals surface area contributed by atoms with Crippen LogP contribution in [-0.4, -0.2) is 0 Å². The summed E-state index contributed by atoms with van der Waals surface area (Å²) in [6.07, 6.45) is 0. The van der Waals surface area contributed by atoms with Crippen LogP contribution in [0.5, 0.6) is 0 Å². The van der Waals surface area contributed by atoms with Crippen molar-refractivity contribution in [3.05, 3.63) is 60.5 Å². The van der Waals surface area contributed by atoms with Gasteiger partial charge in [-0.1, -0.05) is 50.7 Å². The zero-order chi connectivity index (χ0) is 14.9. The lowest BCUT2D eigenvalue weighted by Gasteiger charge is -2.15. The van der Waals surface area contributed by atoms with Gasteiger partial charge >= 0.3 is 0 Å². The van der Waals surface area contributed by atoms with Crippen LogP contribution in [0.3, 0.4) is 0 Å². The van der Waals surface area contributed by atoms with Gasteiger partial charge < -0.3 is 5.32 Å². The van der Waals surface area contributed by atoms with Crippen molar-refractivity contribution in [2.24, 2.45) is 0 Å². The van der Waals surface area contributed by atoms with Crippen LogP contribution in [0.25, 0.3) is 0 Å². The smallest absolute Gasteiger partial charge is 0.0657 e. The van der Waals surface area contributed by atoms with Gasteiger partial charge in [-0.2, -0.15) is 0 Å². The van der Waals surface area contributed by atoms with Gasteiger partial charge in [-0.05, 0) is 49.2 Å². The highest BCUT2D eigenvalue weighted by molar-refractivity contribution is 9.10. The monoisotopic (exact) mass is 391 g/mol. The van der Waals surface area contributed by atoms with Gasteiger partial charge in [-0.15, -0.1) is 0 Å². The van der Waals surface area contributed by atoms with Crippen LogP contribution in [0.4, 0.5) is 5.69 Å². The van der Waals surface area contributed by atoms with Gasteiger partial charge in [0.05, 0.1) is 10.0 Å². The third-order valence-corrected chi connectivity index (χ3v) is 4.73. The maximum atomic E-state index is 6.21. The maximum Gasteiger partial charge on any atom is 0.0657 e. The van der Waals surface area contributed by atoms with E-state index in [1.54, 1.807) is 12.1 Å². The summed E-state index contributed by atoms with van der Waals surface area (Å²) < 4.78 is 1.07. The van der Waals surface area contributed by atoms with Crippen molar-refractivity contribution in [3.63, 3.8) is 0 Å². The molecule has 5 heteroatoms. The third kappa shape index (κ3) is 3.43. The summed E-state index contributed by atoms with van der Waals surface area (Å²) in [6.45, 7) is 4.64. The molecule has 0 aliphatic carbocycles. The van der Waals surface area contributed by atoms with Gasteiger partial charge in [0.1, 0.15) is 0 Å². The van der Waals surface area contributed by atoms with E-state index in [-0.39, 0.29) is 0 Å². The molecule has 2 aromatic rings. The first-order chi connectivity index (χ1) is 9.40. The highest BCUT2D eigenvalue weighted by Gasteiger charge is 2.11. The first kappa shape index (κ1) is 16.0. The molecule has 20 heavy (non-hydrogen) atoms. The molecule has 0 radical (unpaired) electrons. The van der Waals surface area contributed by atoms with Crippen molar-refractivity contribution < 1.29 is 0 Å². The molecule has 0 unspecified atom stereocenters. The van der Waals surface area contributed by atoms with E-state index in [4.69, 9.17) is 34.8 Å². The van der Waals surface area contributed by atoms with Gasteiger partial charge in [0, 0.05) is 27.3 Å². The number of halogens is 4. The molecule has 0 aliphatic heterocycles. The zero-order valence-corrected chi connectivity index (χ0v) is 14.9. The van der Waals surface area contributed by atoms with Crippen LogP contribution in [0, 0.1) is 13.8 Å².